The first-order chi connectivity index (χ1) is 11.2. The van der Waals surface area contributed by atoms with Crippen molar-refractivity contribution in [1.82, 2.24) is 15.5 Å². The highest BCUT2D eigenvalue weighted by Crippen LogP contribution is 2.35. The maximum Gasteiger partial charge on any atom is 0.314 e. The van der Waals surface area contributed by atoms with Crippen molar-refractivity contribution >= 4 is 6.03 Å². The maximum absolute atomic E-state index is 11.5. The van der Waals surface area contributed by atoms with Crippen molar-refractivity contribution in [2.24, 2.45) is 0 Å². The Balaban J connectivity index is 1.52. The van der Waals surface area contributed by atoms with Gasteiger partial charge in [0.1, 0.15) is 5.60 Å². The second-order valence-corrected chi connectivity index (χ2v) is 7.16. The van der Waals surface area contributed by atoms with E-state index in [1.165, 1.54) is 25.7 Å². The smallest absolute Gasteiger partial charge is 0.314 e. The SMILES string of the molecule is CCNC(=O)NC[C@H]1CC[C@@]2(COCCN(C3CCCC3)C2)O1. The molecule has 0 unspecified atom stereocenters. The summed E-state index contributed by atoms with van der Waals surface area (Å²) in [5.74, 6) is 0. The average molecular weight is 325 g/mol. The van der Waals surface area contributed by atoms with Crippen LogP contribution in [0, 0.1) is 0 Å². The number of rotatable bonds is 4. The molecule has 1 spiro atoms. The van der Waals surface area contributed by atoms with Crippen molar-refractivity contribution in [1.29, 1.82) is 0 Å². The molecule has 1 aliphatic carbocycles. The number of amides is 2. The Morgan fingerprint density at radius 3 is 2.87 bits per heavy atom. The first-order valence-electron chi connectivity index (χ1n) is 9.22. The number of nitrogens with zero attached hydrogens (tertiary/aromatic N) is 1. The Bertz CT molecular complexity index is 401. The Morgan fingerprint density at radius 1 is 1.26 bits per heavy atom. The molecule has 1 saturated carbocycles. The molecule has 2 N–H and O–H groups in total. The number of ether oxygens (including phenoxy) is 2. The first kappa shape index (κ1) is 17.0. The highest BCUT2D eigenvalue weighted by molar-refractivity contribution is 5.73. The molecule has 6 nitrogen and oxygen atoms in total. The summed E-state index contributed by atoms with van der Waals surface area (Å²) in [6, 6.07) is 0.603. The molecule has 0 aromatic rings. The zero-order valence-electron chi connectivity index (χ0n) is 14.3. The third-order valence-corrected chi connectivity index (χ3v) is 5.39. The highest BCUT2D eigenvalue weighted by Gasteiger charge is 2.44. The molecule has 0 radical (unpaired) electrons. The van der Waals surface area contributed by atoms with Crippen molar-refractivity contribution in [2.75, 3.05) is 39.4 Å². The first-order valence-corrected chi connectivity index (χ1v) is 9.22. The summed E-state index contributed by atoms with van der Waals surface area (Å²) in [7, 11) is 0. The minimum absolute atomic E-state index is 0.102. The fourth-order valence-corrected chi connectivity index (χ4v) is 4.21. The Morgan fingerprint density at radius 2 is 2.09 bits per heavy atom. The van der Waals surface area contributed by atoms with Gasteiger partial charge in [0.25, 0.3) is 0 Å². The van der Waals surface area contributed by atoms with Crippen LogP contribution >= 0.6 is 0 Å². The van der Waals surface area contributed by atoms with Gasteiger partial charge in [0, 0.05) is 32.2 Å². The molecule has 3 rings (SSSR count). The Labute approximate surface area is 139 Å². The standard InChI is InChI=1S/C17H31N3O3/c1-2-18-16(21)19-11-15-7-8-17(23-15)12-20(9-10-22-13-17)14-5-3-4-6-14/h14-15H,2-13H2,1H3,(H2,18,19,21)/t15-,17-/m1/s1. The fraction of sp³-hybridized carbons (Fsp3) is 0.941. The molecule has 0 aromatic heterocycles. The zero-order chi connectivity index (χ0) is 16.1. The predicted octanol–water partition coefficient (Wildman–Crippen LogP) is 1.50. The number of carbonyl (C=O) groups is 1. The van der Waals surface area contributed by atoms with Gasteiger partial charge in [0.2, 0.25) is 0 Å². The summed E-state index contributed by atoms with van der Waals surface area (Å²) in [5.41, 5.74) is -0.174. The molecule has 2 aliphatic heterocycles. The van der Waals surface area contributed by atoms with Gasteiger partial charge < -0.3 is 20.1 Å². The van der Waals surface area contributed by atoms with Crippen LogP contribution in [0.4, 0.5) is 4.79 Å². The predicted molar refractivity (Wildman–Crippen MR) is 88.6 cm³/mol. The van der Waals surface area contributed by atoms with Gasteiger partial charge in [-0.1, -0.05) is 12.8 Å². The van der Waals surface area contributed by atoms with Crippen LogP contribution in [0.2, 0.25) is 0 Å². The lowest BCUT2D eigenvalue weighted by molar-refractivity contribution is -0.0866. The largest absolute Gasteiger partial charge is 0.377 e. The normalized spacial score (nSPS) is 33.0. The van der Waals surface area contributed by atoms with Gasteiger partial charge in [-0.15, -0.1) is 0 Å². The Hall–Kier alpha value is -0.850. The summed E-state index contributed by atoms with van der Waals surface area (Å²) in [5, 5.41) is 5.66. The van der Waals surface area contributed by atoms with E-state index in [-0.39, 0.29) is 17.7 Å². The Kier molecular flexibility index (Phi) is 5.77. The fourth-order valence-electron chi connectivity index (χ4n) is 4.21. The van der Waals surface area contributed by atoms with Gasteiger partial charge in [0.15, 0.2) is 0 Å². The van der Waals surface area contributed by atoms with Crippen LogP contribution in [-0.2, 0) is 9.47 Å². The van der Waals surface area contributed by atoms with Gasteiger partial charge in [-0.25, -0.2) is 4.79 Å². The zero-order valence-corrected chi connectivity index (χ0v) is 14.3. The summed E-state index contributed by atoms with van der Waals surface area (Å²) >= 11 is 0. The third kappa shape index (κ3) is 4.37. The van der Waals surface area contributed by atoms with Crippen LogP contribution in [0.1, 0.15) is 45.4 Å². The molecule has 23 heavy (non-hydrogen) atoms. The van der Waals surface area contributed by atoms with Crippen molar-refractivity contribution < 1.29 is 14.3 Å². The minimum atomic E-state index is -0.174. The van der Waals surface area contributed by atoms with E-state index >= 15 is 0 Å². The van der Waals surface area contributed by atoms with Crippen LogP contribution < -0.4 is 10.6 Å². The van der Waals surface area contributed by atoms with E-state index in [2.05, 4.69) is 15.5 Å². The van der Waals surface area contributed by atoms with Gasteiger partial charge in [-0.3, -0.25) is 4.90 Å². The number of hydrogen-bond acceptors (Lipinski definition) is 4. The molecular formula is C17H31N3O3. The molecule has 3 fully saturated rings. The number of carbonyl (C=O) groups excluding carboxylic acids is 1. The monoisotopic (exact) mass is 325 g/mol. The van der Waals surface area contributed by atoms with E-state index in [4.69, 9.17) is 9.47 Å². The summed E-state index contributed by atoms with van der Waals surface area (Å²) in [6.45, 7) is 6.65. The van der Waals surface area contributed by atoms with E-state index in [1.807, 2.05) is 6.92 Å². The van der Waals surface area contributed by atoms with Gasteiger partial charge in [-0.2, -0.15) is 0 Å². The summed E-state index contributed by atoms with van der Waals surface area (Å²) in [4.78, 5) is 14.1. The van der Waals surface area contributed by atoms with Crippen LogP contribution in [0.3, 0.4) is 0 Å². The molecule has 2 atom stereocenters. The molecule has 132 valence electrons. The molecule has 6 heteroatoms. The van der Waals surface area contributed by atoms with Crippen LogP contribution in [-0.4, -0.2) is 68.1 Å². The van der Waals surface area contributed by atoms with Crippen LogP contribution in [0.5, 0.6) is 0 Å². The van der Waals surface area contributed by atoms with E-state index in [0.29, 0.717) is 25.7 Å². The van der Waals surface area contributed by atoms with E-state index in [0.717, 1.165) is 32.5 Å². The quantitative estimate of drug-likeness (QED) is 0.822. The highest BCUT2D eigenvalue weighted by atomic mass is 16.6. The molecule has 2 amide bonds. The van der Waals surface area contributed by atoms with Crippen molar-refractivity contribution in [3.63, 3.8) is 0 Å². The molecule has 2 heterocycles. The molecule has 0 bridgehead atoms. The van der Waals surface area contributed by atoms with Crippen molar-refractivity contribution in [3.05, 3.63) is 0 Å². The summed E-state index contributed by atoms with van der Waals surface area (Å²) < 4.78 is 12.2. The van der Waals surface area contributed by atoms with Crippen LogP contribution in [0.25, 0.3) is 0 Å². The van der Waals surface area contributed by atoms with E-state index < -0.39 is 0 Å². The minimum Gasteiger partial charge on any atom is -0.377 e. The number of nitrogens with one attached hydrogen (secondary N) is 2. The topological polar surface area (TPSA) is 62.8 Å². The van der Waals surface area contributed by atoms with Gasteiger partial charge in [-0.05, 0) is 32.6 Å². The second-order valence-electron chi connectivity index (χ2n) is 7.16. The van der Waals surface area contributed by atoms with Crippen LogP contribution in [0.15, 0.2) is 0 Å². The number of hydrogen-bond donors (Lipinski definition) is 2. The van der Waals surface area contributed by atoms with E-state index in [9.17, 15) is 4.79 Å². The molecule has 3 aliphatic rings. The third-order valence-electron chi connectivity index (χ3n) is 5.39. The lowest BCUT2D eigenvalue weighted by Crippen LogP contribution is -2.48. The number of urea groups is 1. The van der Waals surface area contributed by atoms with E-state index in [1.54, 1.807) is 0 Å². The summed E-state index contributed by atoms with van der Waals surface area (Å²) in [6.07, 6.45) is 7.47. The second kappa shape index (κ2) is 7.81. The maximum atomic E-state index is 11.5. The van der Waals surface area contributed by atoms with Gasteiger partial charge in [0.05, 0.1) is 19.3 Å². The molecule has 2 saturated heterocycles. The molecular weight excluding hydrogens is 294 g/mol. The lowest BCUT2D eigenvalue weighted by atomic mass is 9.99. The molecule has 0 aromatic carbocycles. The average Bonchev–Trinajstić information content (AvgIpc) is 3.15. The lowest BCUT2D eigenvalue weighted by Gasteiger charge is -2.35. The van der Waals surface area contributed by atoms with Gasteiger partial charge >= 0.3 is 6.03 Å². The van der Waals surface area contributed by atoms with Crippen molar-refractivity contribution in [2.45, 2.75) is 63.2 Å². The van der Waals surface area contributed by atoms with Crippen molar-refractivity contribution in [3.8, 4) is 0 Å².